The van der Waals surface area contributed by atoms with Crippen molar-refractivity contribution in [2.45, 2.75) is 45.3 Å². The van der Waals surface area contributed by atoms with Crippen LogP contribution in [-0.2, 0) is 14.3 Å². The fourth-order valence-corrected chi connectivity index (χ4v) is 5.79. The number of nitro benzene ring substituents is 1. The van der Waals surface area contributed by atoms with Crippen molar-refractivity contribution in [3.63, 3.8) is 0 Å². The molecule has 0 bridgehead atoms. The standard InChI is InChI=1S/C22H25NO8/c1-21(11-24)8-3-9-22(2)14-10-30-20(27)15(14)16(25)17(18(21)22)31-19(26)12-4-6-13(7-5-12)23(28)29/h4-7,16-18,24-25H,3,8-11H2,1-2H3/t16-,17-,18-,21+,22+/m0/s1. The molecule has 0 saturated heterocycles. The van der Waals surface area contributed by atoms with E-state index in [1.54, 1.807) is 0 Å². The average molecular weight is 431 g/mol. The lowest BCUT2D eigenvalue weighted by Gasteiger charge is -2.57. The molecule has 3 aliphatic rings. The highest BCUT2D eigenvalue weighted by molar-refractivity contribution is 5.94. The third-order valence-electron chi connectivity index (χ3n) is 7.32. The predicted octanol–water partition coefficient (Wildman–Crippen LogP) is 2.15. The second-order valence-electron chi connectivity index (χ2n) is 9.15. The molecule has 1 heterocycles. The summed E-state index contributed by atoms with van der Waals surface area (Å²) >= 11 is 0. The van der Waals surface area contributed by atoms with Gasteiger partial charge in [-0.3, -0.25) is 10.1 Å². The van der Waals surface area contributed by atoms with E-state index in [2.05, 4.69) is 0 Å². The number of hydrogen-bond donors (Lipinski definition) is 2. The summed E-state index contributed by atoms with van der Waals surface area (Å²) in [5.41, 5.74) is -0.435. The minimum absolute atomic E-state index is 0.0861. The molecule has 1 saturated carbocycles. The molecule has 4 rings (SSSR count). The highest BCUT2D eigenvalue weighted by Gasteiger charge is 2.62. The van der Waals surface area contributed by atoms with Gasteiger partial charge >= 0.3 is 11.9 Å². The van der Waals surface area contributed by atoms with Crippen LogP contribution in [0.25, 0.3) is 0 Å². The normalized spacial score (nSPS) is 34.6. The zero-order chi connectivity index (χ0) is 22.6. The van der Waals surface area contributed by atoms with E-state index in [1.807, 2.05) is 13.8 Å². The summed E-state index contributed by atoms with van der Waals surface area (Å²) in [4.78, 5) is 35.6. The minimum atomic E-state index is -1.38. The molecule has 0 amide bonds. The molecule has 1 aromatic carbocycles. The van der Waals surface area contributed by atoms with E-state index in [1.165, 1.54) is 24.3 Å². The number of hydrogen-bond acceptors (Lipinski definition) is 8. The third kappa shape index (κ3) is 3.23. The largest absolute Gasteiger partial charge is 0.458 e. The summed E-state index contributed by atoms with van der Waals surface area (Å²) in [6.45, 7) is 3.80. The van der Waals surface area contributed by atoms with Gasteiger partial charge in [-0.1, -0.05) is 20.3 Å². The van der Waals surface area contributed by atoms with Gasteiger partial charge in [0.05, 0.1) is 16.1 Å². The van der Waals surface area contributed by atoms with Gasteiger partial charge in [-0.25, -0.2) is 9.59 Å². The van der Waals surface area contributed by atoms with Crippen LogP contribution in [0.15, 0.2) is 35.4 Å². The first-order chi connectivity index (χ1) is 14.6. The highest BCUT2D eigenvalue weighted by Crippen LogP contribution is 2.61. The maximum absolute atomic E-state index is 12.9. The van der Waals surface area contributed by atoms with Gasteiger partial charge < -0.3 is 19.7 Å². The molecular weight excluding hydrogens is 406 g/mol. The number of fused-ring (bicyclic) bond motifs is 2. The van der Waals surface area contributed by atoms with Crippen molar-refractivity contribution in [3.05, 3.63) is 51.1 Å². The van der Waals surface area contributed by atoms with Crippen molar-refractivity contribution in [1.29, 1.82) is 0 Å². The number of aliphatic hydroxyl groups is 2. The van der Waals surface area contributed by atoms with E-state index >= 15 is 0 Å². The number of nitro groups is 1. The lowest BCUT2D eigenvalue weighted by atomic mass is 9.48. The van der Waals surface area contributed by atoms with Crippen molar-refractivity contribution in [3.8, 4) is 0 Å². The number of benzene rings is 1. The van der Waals surface area contributed by atoms with Crippen molar-refractivity contribution >= 4 is 17.6 Å². The van der Waals surface area contributed by atoms with E-state index < -0.39 is 45.8 Å². The SMILES string of the molecule is C[C@]1(CO)CCC[C@]2(C)C3=C(C(=O)OC3)[C@H](O)[C@H](OC(=O)c3ccc([N+](=O)[O-])cc3)[C@@H]12. The topological polar surface area (TPSA) is 136 Å². The number of carbonyl (C=O) groups excluding carboxylic acids is 2. The van der Waals surface area contributed by atoms with E-state index in [9.17, 15) is 29.9 Å². The van der Waals surface area contributed by atoms with Gasteiger partial charge in [0, 0.05) is 24.7 Å². The molecule has 1 aliphatic heterocycles. The zero-order valence-electron chi connectivity index (χ0n) is 17.4. The maximum Gasteiger partial charge on any atom is 0.338 e. The lowest BCUT2D eigenvalue weighted by molar-refractivity contribution is -0.384. The summed E-state index contributed by atoms with van der Waals surface area (Å²) in [6, 6.07) is 4.97. The number of rotatable bonds is 4. The predicted molar refractivity (Wildman–Crippen MR) is 107 cm³/mol. The molecule has 1 fully saturated rings. The number of cyclic esters (lactones) is 1. The Morgan fingerprint density at radius 2 is 1.97 bits per heavy atom. The Kier molecular flexibility index (Phi) is 5.13. The summed E-state index contributed by atoms with van der Waals surface area (Å²) in [7, 11) is 0. The number of carbonyl (C=O) groups is 2. The van der Waals surface area contributed by atoms with Gasteiger partial charge in [-0.05, 0) is 41.4 Å². The summed E-state index contributed by atoms with van der Waals surface area (Å²) < 4.78 is 11.0. The second-order valence-corrected chi connectivity index (χ2v) is 9.15. The van der Waals surface area contributed by atoms with Crippen molar-refractivity contribution in [2.24, 2.45) is 16.7 Å². The van der Waals surface area contributed by atoms with Gasteiger partial charge in [0.25, 0.3) is 5.69 Å². The van der Waals surface area contributed by atoms with Crippen LogP contribution >= 0.6 is 0 Å². The molecule has 5 atom stereocenters. The second kappa shape index (κ2) is 7.42. The monoisotopic (exact) mass is 431 g/mol. The van der Waals surface area contributed by atoms with Gasteiger partial charge in [-0.15, -0.1) is 0 Å². The van der Waals surface area contributed by atoms with E-state index in [-0.39, 0.29) is 30.0 Å². The molecule has 166 valence electrons. The zero-order valence-corrected chi connectivity index (χ0v) is 17.4. The molecule has 0 aromatic heterocycles. The highest BCUT2D eigenvalue weighted by atomic mass is 16.6. The number of esters is 2. The molecule has 0 radical (unpaired) electrons. The quantitative estimate of drug-likeness (QED) is 0.420. The molecule has 9 heteroatoms. The maximum atomic E-state index is 12.9. The Bertz CT molecular complexity index is 970. The van der Waals surface area contributed by atoms with Crippen LogP contribution in [-0.4, -0.2) is 52.5 Å². The van der Waals surface area contributed by atoms with Crippen LogP contribution in [0.3, 0.4) is 0 Å². The summed E-state index contributed by atoms with van der Waals surface area (Å²) in [5, 5.41) is 32.2. The van der Waals surface area contributed by atoms with Crippen LogP contribution in [0, 0.1) is 26.9 Å². The van der Waals surface area contributed by atoms with Crippen molar-refractivity contribution in [1.82, 2.24) is 0 Å². The van der Waals surface area contributed by atoms with Gasteiger partial charge in [-0.2, -0.15) is 0 Å². The Morgan fingerprint density at radius 1 is 1.29 bits per heavy atom. The van der Waals surface area contributed by atoms with Gasteiger partial charge in [0.2, 0.25) is 0 Å². The number of non-ortho nitro benzene ring substituents is 1. The first kappa shape index (κ1) is 21.5. The molecular formula is C22H25NO8. The Hall–Kier alpha value is -2.78. The Balaban J connectivity index is 1.73. The molecule has 31 heavy (non-hydrogen) atoms. The first-order valence-electron chi connectivity index (χ1n) is 10.3. The molecule has 2 aliphatic carbocycles. The van der Waals surface area contributed by atoms with Crippen LogP contribution in [0.5, 0.6) is 0 Å². The molecule has 0 spiro atoms. The smallest absolute Gasteiger partial charge is 0.338 e. The van der Waals surface area contributed by atoms with Crippen LogP contribution in [0.1, 0.15) is 43.5 Å². The van der Waals surface area contributed by atoms with E-state index in [4.69, 9.17) is 9.47 Å². The number of aliphatic hydroxyl groups excluding tert-OH is 2. The molecule has 0 unspecified atom stereocenters. The van der Waals surface area contributed by atoms with Crippen LogP contribution in [0.4, 0.5) is 5.69 Å². The summed E-state index contributed by atoms with van der Waals surface area (Å²) in [6.07, 6.45) is -0.252. The van der Waals surface area contributed by atoms with Crippen molar-refractivity contribution in [2.75, 3.05) is 13.2 Å². The Labute approximate surface area is 178 Å². The van der Waals surface area contributed by atoms with E-state index in [0.717, 1.165) is 12.0 Å². The van der Waals surface area contributed by atoms with E-state index in [0.29, 0.717) is 12.8 Å². The molecule has 1 aromatic rings. The average Bonchev–Trinajstić information content (AvgIpc) is 3.14. The van der Waals surface area contributed by atoms with Crippen molar-refractivity contribution < 1.29 is 34.2 Å². The number of nitrogens with zero attached hydrogens (tertiary/aromatic N) is 1. The third-order valence-corrected chi connectivity index (χ3v) is 7.32. The minimum Gasteiger partial charge on any atom is -0.458 e. The first-order valence-corrected chi connectivity index (χ1v) is 10.3. The summed E-state index contributed by atoms with van der Waals surface area (Å²) in [5.74, 6) is -1.82. The molecule has 9 nitrogen and oxygen atoms in total. The van der Waals surface area contributed by atoms with Crippen LogP contribution < -0.4 is 0 Å². The lowest BCUT2D eigenvalue weighted by Crippen LogP contribution is -2.60. The Morgan fingerprint density at radius 3 is 2.58 bits per heavy atom. The fourth-order valence-electron chi connectivity index (χ4n) is 5.79. The fraction of sp³-hybridized carbons (Fsp3) is 0.545. The van der Waals surface area contributed by atoms with Gasteiger partial charge in [0.1, 0.15) is 18.8 Å². The molecule has 2 N–H and O–H groups in total. The number of ether oxygens (including phenoxy) is 2. The van der Waals surface area contributed by atoms with Gasteiger partial charge in [0.15, 0.2) is 0 Å². The van der Waals surface area contributed by atoms with Crippen LogP contribution in [0.2, 0.25) is 0 Å².